The third kappa shape index (κ3) is 4.24. The first-order valence-corrected chi connectivity index (χ1v) is 5.99. The predicted octanol–water partition coefficient (Wildman–Crippen LogP) is 2.20. The Bertz CT molecular complexity index is 603. The highest BCUT2D eigenvalue weighted by Crippen LogP contribution is 2.16. The van der Waals surface area contributed by atoms with Crippen LogP contribution in [0.25, 0.3) is 11.4 Å². The zero-order valence-corrected chi connectivity index (χ0v) is 12.3. The van der Waals surface area contributed by atoms with E-state index in [4.69, 9.17) is 9.63 Å². The Morgan fingerprint density at radius 2 is 2.05 bits per heavy atom. The first-order chi connectivity index (χ1) is 9.47. The van der Waals surface area contributed by atoms with Gasteiger partial charge in [-0.1, -0.05) is 5.16 Å². The highest BCUT2D eigenvalue weighted by molar-refractivity contribution is 5.85. The average Bonchev–Trinajstić information content (AvgIpc) is 2.87. The van der Waals surface area contributed by atoms with Crippen LogP contribution in [0.3, 0.4) is 0 Å². The topological polar surface area (TPSA) is 79.5 Å². The fourth-order valence-corrected chi connectivity index (χ4v) is 1.57. The van der Waals surface area contributed by atoms with Gasteiger partial charge in [0, 0.05) is 5.56 Å². The van der Waals surface area contributed by atoms with Crippen LogP contribution in [0.15, 0.2) is 28.8 Å². The molecule has 0 saturated carbocycles. The van der Waals surface area contributed by atoms with Gasteiger partial charge >= 0.3 is 5.97 Å². The minimum Gasteiger partial charge on any atom is -0.480 e. The maximum Gasteiger partial charge on any atom is 0.320 e. The lowest BCUT2D eigenvalue weighted by molar-refractivity contribution is -0.142. The van der Waals surface area contributed by atoms with E-state index in [0.717, 1.165) is 0 Å². The van der Waals surface area contributed by atoms with Gasteiger partial charge in [0.2, 0.25) is 11.7 Å². The number of likely N-dealkylation sites (N-methyl/N-ethyl adjacent to an activating group) is 1. The normalized spacial score (nSPS) is 12.0. The molecule has 1 unspecified atom stereocenters. The van der Waals surface area contributed by atoms with Gasteiger partial charge in [-0.05, 0) is 38.2 Å². The van der Waals surface area contributed by atoms with Gasteiger partial charge in [0.15, 0.2) is 0 Å². The van der Waals surface area contributed by atoms with Gasteiger partial charge in [-0.2, -0.15) is 4.98 Å². The van der Waals surface area contributed by atoms with E-state index >= 15 is 0 Å². The Morgan fingerprint density at radius 1 is 1.43 bits per heavy atom. The lowest BCUT2D eigenvalue weighted by Gasteiger charge is -2.18. The fourth-order valence-electron chi connectivity index (χ4n) is 1.57. The van der Waals surface area contributed by atoms with Crippen molar-refractivity contribution in [2.24, 2.45) is 0 Å². The summed E-state index contributed by atoms with van der Waals surface area (Å²) in [6.45, 7) is 1.79. The Hall–Kier alpha value is -1.99. The number of halogens is 2. The van der Waals surface area contributed by atoms with Crippen LogP contribution in [0.1, 0.15) is 12.8 Å². The largest absolute Gasteiger partial charge is 0.480 e. The van der Waals surface area contributed by atoms with E-state index in [2.05, 4.69) is 10.1 Å². The number of hydrogen-bond donors (Lipinski definition) is 1. The molecule has 0 aliphatic heterocycles. The average molecular weight is 316 g/mol. The number of hydrogen-bond acceptors (Lipinski definition) is 5. The number of nitrogens with zero attached hydrogens (tertiary/aromatic N) is 3. The minimum absolute atomic E-state index is 0. The quantitative estimate of drug-likeness (QED) is 0.911. The van der Waals surface area contributed by atoms with E-state index in [1.54, 1.807) is 31.0 Å². The van der Waals surface area contributed by atoms with Crippen molar-refractivity contribution in [2.75, 3.05) is 7.05 Å². The van der Waals surface area contributed by atoms with Crippen LogP contribution >= 0.6 is 12.4 Å². The van der Waals surface area contributed by atoms with Crippen molar-refractivity contribution in [3.8, 4) is 11.4 Å². The summed E-state index contributed by atoms with van der Waals surface area (Å²) in [4.78, 5) is 16.6. The lowest BCUT2D eigenvalue weighted by atomic mass is 10.2. The third-order valence-electron chi connectivity index (χ3n) is 2.97. The van der Waals surface area contributed by atoms with Gasteiger partial charge in [0.25, 0.3) is 0 Å². The minimum atomic E-state index is -0.925. The number of aliphatic carboxylic acids is 1. The molecular weight excluding hydrogens is 301 g/mol. The Labute approximate surface area is 127 Å². The van der Waals surface area contributed by atoms with E-state index in [-0.39, 0.29) is 24.8 Å². The molecule has 0 radical (unpaired) electrons. The van der Waals surface area contributed by atoms with Crippen LogP contribution in [-0.4, -0.2) is 39.2 Å². The second kappa shape index (κ2) is 7.14. The van der Waals surface area contributed by atoms with E-state index in [1.165, 1.54) is 12.1 Å². The Morgan fingerprint density at radius 3 is 2.62 bits per heavy atom. The molecule has 0 amide bonds. The highest BCUT2D eigenvalue weighted by atomic mass is 35.5. The van der Waals surface area contributed by atoms with E-state index in [0.29, 0.717) is 17.3 Å². The molecule has 1 aromatic carbocycles. The molecule has 6 nitrogen and oxygen atoms in total. The third-order valence-corrected chi connectivity index (χ3v) is 2.97. The van der Waals surface area contributed by atoms with Crippen LogP contribution in [-0.2, 0) is 11.3 Å². The van der Waals surface area contributed by atoms with E-state index < -0.39 is 12.0 Å². The molecule has 0 aliphatic rings. The van der Waals surface area contributed by atoms with Gasteiger partial charge in [0.05, 0.1) is 6.54 Å². The van der Waals surface area contributed by atoms with E-state index in [1.807, 2.05) is 0 Å². The summed E-state index contributed by atoms with van der Waals surface area (Å²) >= 11 is 0. The summed E-state index contributed by atoms with van der Waals surface area (Å²) in [6, 6.07) is 5.06. The fraction of sp³-hybridized carbons (Fsp3) is 0.308. The molecule has 114 valence electrons. The SMILES string of the molecule is CC(C(=O)O)N(C)Cc1nc(-c2ccc(F)cc2)no1.Cl. The molecule has 2 aromatic rings. The monoisotopic (exact) mass is 315 g/mol. The molecular formula is C13H15ClFN3O3. The van der Waals surface area contributed by atoms with Crippen LogP contribution in [0.4, 0.5) is 4.39 Å². The summed E-state index contributed by atoms with van der Waals surface area (Å²) in [5.41, 5.74) is 0.635. The molecule has 2 rings (SSSR count). The molecule has 0 aliphatic carbocycles. The molecule has 0 bridgehead atoms. The molecule has 1 atom stereocenters. The van der Waals surface area contributed by atoms with Crippen LogP contribution in [0.5, 0.6) is 0 Å². The molecule has 21 heavy (non-hydrogen) atoms. The first kappa shape index (κ1) is 17.1. The summed E-state index contributed by atoms with van der Waals surface area (Å²) in [5.74, 6) is -0.616. The second-order valence-corrected chi connectivity index (χ2v) is 4.45. The Balaban J connectivity index is 0.00000220. The predicted molar refractivity (Wildman–Crippen MR) is 75.5 cm³/mol. The summed E-state index contributed by atoms with van der Waals surface area (Å²) < 4.78 is 17.9. The number of benzene rings is 1. The van der Waals surface area contributed by atoms with Gasteiger partial charge in [-0.3, -0.25) is 9.69 Å². The van der Waals surface area contributed by atoms with Crippen LogP contribution < -0.4 is 0 Å². The van der Waals surface area contributed by atoms with Crippen molar-refractivity contribution in [1.82, 2.24) is 15.0 Å². The smallest absolute Gasteiger partial charge is 0.320 e. The number of rotatable bonds is 5. The number of carboxylic acids is 1. The molecule has 0 saturated heterocycles. The molecule has 8 heteroatoms. The number of aromatic nitrogens is 2. The number of carboxylic acid groups (broad SMARTS) is 1. The molecule has 1 aromatic heterocycles. The highest BCUT2D eigenvalue weighted by Gasteiger charge is 2.19. The summed E-state index contributed by atoms with van der Waals surface area (Å²) in [7, 11) is 1.65. The van der Waals surface area contributed by atoms with Crippen LogP contribution in [0.2, 0.25) is 0 Å². The standard InChI is InChI=1S/C13H14FN3O3.ClH/c1-8(13(18)19)17(2)7-11-15-12(16-20-11)9-3-5-10(14)6-4-9;/h3-6,8H,7H2,1-2H3,(H,18,19);1H. The summed E-state index contributed by atoms with van der Waals surface area (Å²) in [6.07, 6.45) is 0. The van der Waals surface area contributed by atoms with E-state index in [9.17, 15) is 9.18 Å². The lowest BCUT2D eigenvalue weighted by Crippen LogP contribution is -2.35. The van der Waals surface area contributed by atoms with Gasteiger partial charge < -0.3 is 9.63 Å². The molecule has 1 heterocycles. The van der Waals surface area contributed by atoms with Gasteiger partial charge in [-0.15, -0.1) is 12.4 Å². The van der Waals surface area contributed by atoms with Gasteiger partial charge in [-0.25, -0.2) is 4.39 Å². The van der Waals surface area contributed by atoms with Crippen molar-refractivity contribution in [3.63, 3.8) is 0 Å². The maximum absolute atomic E-state index is 12.8. The molecule has 0 fully saturated rings. The van der Waals surface area contributed by atoms with Crippen molar-refractivity contribution in [2.45, 2.75) is 19.5 Å². The van der Waals surface area contributed by atoms with Crippen molar-refractivity contribution >= 4 is 18.4 Å². The van der Waals surface area contributed by atoms with Crippen molar-refractivity contribution in [3.05, 3.63) is 36.0 Å². The molecule has 0 spiro atoms. The van der Waals surface area contributed by atoms with Gasteiger partial charge in [0.1, 0.15) is 11.9 Å². The molecule has 1 N–H and O–H groups in total. The Kier molecular flexibility index (Phi) is 5.80. The summed E-state index contributed by atoms with van der Waals surface area (Å²) in [5, 5.41) is 12.7. The van der Waals surface area contributed by atoms with Crippen LogP contribution in [0, 0.1) is 5.82 Å². The first-order valence-electron chi connectivity index (χ1n) is 5.99. The number of carbonyl (C=O) groups is 1. The maximum atomic E-state index is 12.8. The zero-order chi connectivity index (χ0) is 14.7. The van der Waals surface area contributed by atoms with Crippen molar-refractivity contribution in [1.29, 1.82) is 0 Å². The van der Waals surface area contributed by atoms with Crippen molar-refractivity contribution < 1.29 is 18.8 Å². The second-order valence-electron chi connectivity index (χ2n) is 4.45. The zero-order valence-electron chi connectivity index (χ0n) is 11.5.